The zero-order valence-electron chi connectivity index (χ0n) is 20.9. The monoisotopic (exact) mass is 500 g/mol. The fourth-order valence-corrected chi connectivity index (χ4v) is 6.14. The first-order chi connectivity index (χ1) is 16.6. The van der Waals surface area contributed by atoms with Gasteiger partial charge in [-0.3, -0.25) is 4.90 Å². The number of hydrogen-bond acceptors (Lipinski definition) is 4. The molecule has 7 heteroatoms. The van der Waals surface area contributed by atoms with Crippen molar-refractivity contribution in [2.24, 2.45) is 11.3 Å². The number of nitrogens with one attached hydrogen (secondary N) is 1. The largest absolute Gasteiger partial charge is 0.489 e. The van der Waals surface area contributed by atoms with Gasteiger partial charge < -0.3 is 14.8 Å². The Balaban J connectivity index is 1.36. The molecular weight excluding hydrogens is 467 g/mol. The van der Waals surface area contributed by atoms with E-state index in [9.17, 15) is 4.79 Å². The van der Waals surface area contributed by atoms with E-state index in [1.165, 1.54) is 0 Å². The summed E-state index contributed by atoms with van der Waals surface area (Å²) in [6.07, 6.45) is 2.41. The molecule has 0 spiro atoms. The Kier molecular flexibility index (Phi) is 6.47. The van der Waals surface area contributed by atoms with Gasteiger partial charge in [-0.15, -0.1) is 0 Å². The van der Waals surface area contributed by atoms with Crippen LogP contribution in [-0.2, 0) is 11.2 Å². The Morgan fingerprint density at radius 2 is 1.94 bits per heavy atom. The summed E-state index contributed by atoms with van der Waals surface area (Å²) in [5, 5.41) is 3.52. The second-order valence-electron chi connectivity index (χ2n) is 11.2. The standard InChI is InChI=1S/C28H34ClFN2O3/c1-16(2)34-24-6-5-18(12-22(24)29)20-11-19-14-28(3,4)26(21(19)13-23(20)30)31-27(33)35-25-15-32-9-7-17(25)8-10-32/h5-6,11-13,16-17,25-26H,7-10,14-15H2,1-4H3,(H,31,33)/t25-,26+/m1/s1. The second-order valence-corrected chi connectivity index (χ2v) is 11.6. The van der Waals surface area contributed by atoms with Gasteiger partial charge in [-0.25, -0.2) is 9.18 Å². The second kappa shape index (κ2) is 9.29. The van der Waals surface area contributed by atoms with E-state index in [1.54, 1.807) is 18.2 Å². The molecule has 6 rings (SSSR count). The molecule has 5 nitrogen and oxygen atoms in total. The van der Waals surface area contributed by atoms with E-state index in [1.807, 2.05) is 26.0 Å². The number of carbonyl (C=O) groups is 1. The molecule has 188 valence electrons. The number of carbonyl (C=O) groups excluding carboxylic acids is 1. The van der Waals surface area contributed by atoms with Crippen LogP contribution in [0.5, 0.6) is 5.75 Å². The minimum atomic E-state index is -0.410. The SMILES string of the molecule is CC(C)Oc1ccc(-c2cc3c(cc2F)[C@H](NC(=O)O[C@@H]2CN4CCC2CC4)C(C)(C)C3)cc1Cl. The molecule has 3 aliphatic heterocycles. The van der Waals surface area contributed by atoms with E-state index < -0.39 is 6.09 Å². The van der Waals surface area contributed by atoms with Gasteiger partial charge in [0.05, 0.1) is 17.2 Å². The predicted molar refractivity (Wildman–Crippen MR) is 135 cm³/mol. The first-order valence-electron chi connectivity index (χ1n) is 12.6. The fraction of sp³-hybridized carbons (Fsp3) is 0.536. The van der Waals surface area contributed by atoms with Gasteiger partial charge in [-0.1, -0.05) is 31.5 Å². The molecule has 1 amide bonds. The average Bonchev–Trinajstić information content (AvgIpc) is 3.04. The first kappa shape index (κ1) is 24.4. The molecule has 3 saturated heterocycles. The molecule has 2 atom stereocenters. The van der Waals surface area contributed by atoms with Crippen molar-refractivity contribution in [3.05, 3.63) is 52.3 Å². The van der Waals surface area contributed by atoms with Gasteiger partial charge in [-0.05, 0) is 98.5 Å². The van der Waals surface area contributed by atoms with Gasteiger partial charge >= 0.3 is 6.09 Å². The van der Waals surface area contributed by atoms with E-state index in [-0.39, 0.29) is 29.5 Å². The molecule has 0 saturated carbocycles. The number of halogens is 2. The number of fused-ring (bicyclic) bond motifs is 4. The number of alkyl carbamates (subject to hydrolysis) is 1. The van der Waals surface area contributed by atoms with Crippen molar-refractivity contribution in [2.45, 2.75) is 65.2 Å². The molecule has 35 heavy (non-hydrogen) atoms. The van der Waals surface area contributed by atoms with Gasteiger partial charge in [0.25, 0.3) is 0 Å². The fourth-order valence-electron chi connectivity index (χ4n) is 5.92. The van der Waals surface area contributed by atoms with Gasteiger partial charge in [0.2, 0.25) is 0 Å². The number of hydrogen-bond donors (Lipinski definition) is 1. The van der Waals surface area contributed by atoms with E-state index in [0.29, 0.717) is 27.8 Å². The number of piperidine rings is 3. The van der Waals surface area contributed by atoms with E-state index >= 15 is 4.39 Å². The maximum absolute atomic E-state index is 15.4. The minimum absolute atomic E-state index is 0.000736. The van der Waals surface area contributed by atoms with Crippen LogP contribution in [0.25, 0.3) is 11.1 Å². The summed E-state index contributed by atoms with van der Waals surface area (Å²) < 4.78 is 27.0. The summed E-state index contributed by atoms with van der Waals surface area (Å²) in [4.78, 5) is 15.2. The van der Waals surface area contributed by atoms with Crippen molar-refractivity contribution in [3.8, 4) is 16.9 Å². The number of rotatable bonds is 5. The van der Waals surface area contributed by atoms with Gasteiger partial charge in [0.1, 0.15) is 17.7 Å². The van der Waals surface area contributed by atoms with E-state index in [0.717, 1.165) is 50.0 Å². The summed E-state index contributed by atoms with van der Waals surface area (Å²) in [5.74, 6) is 0.685. The maximum atomic E-state index is 15.4. The lowest BCUT2D eigenvalue weighted by atomic mass is 9.85. The Bertz CT molecular complexity index is 1130. The molecule has 0 radical (unpaired) electrons. The van der Waals surface area contributed by atoms with Crippen LogP contribution in [0.15, 0.2) is 30.3 Å². The predicted octanol–water partition coefficient (Wildman–Crippen LogP) is 6.38. The summed E-state index contributed by atoms with van der Waals surface area (Å²) >= 11 is 6.41. The molecule has 2 aromatic rings. The highest BCUT2D eigenvalue weighted by atomic mass is 35.5. The molecule has 0 aromatic heterocycles. The summed E-state index contributed by atoms with van der Waals surface area (Å²) in [6, 6.07) is 8.48. The minimum Gasteiger partial charge on any atom is -0.489 e. The molecule has 0 unspecified atom stereocenters. The van der Waals surface area contributed by atoms with Gasteiger partial charge in [-0.2, -0.15) is 0 Å². The van der Waals surface area contributed by atoms with Crippen LogP contribution in [0.1, 0.15) is 57.7 Å². The Hall–Kier alpha value is -2.31. The first-order valence-corrected chi connectivity index (χ1v) is 13.0. The third-order valence-corrected chi connectivity index (χ3v) is 7.99. The maximum Gasteiger partial charge on any atom is 0.407 e. The van der Waals surface area contributed by atoms with Gasteiger partial charge in [0, 0.05) is 12.1 Å². The van der Waals surface area contributed by atoms with Crippen molar-refractivity contribution >= 4 is 17.7 Å². The number of ether oxygens (including phenoxy) is 2. The average molecular weight is 501 g/mol. The number of benzene rings is 2. The zero-order valence-corrected chi connectivity index (χ0v) is 21.6. The van der Waals surface area contributed by atoms with Crippen molar-refractivity contribution < 1.29 is 18.7 Å². The quantitative estimate of drug-likeness (QED) is 0.517. The molecule has 2 bridgehead atoms. The van der Waals surface area contributed by atoms with Crippen molar-refractivity contribution in [2.75, 3.05) is 19.6 Å². The van der Waals surface area contributed by atoms with Crippen LogP contribution < -0.4 is 10.1 Å². The highest BCUT2D eigenvalue weighted by Gasteiger charge is 2.42. The van der Waals surface area contributed by atoms with E-state index in [2.05, 4.69) is 24.1 Å². The molecular formula is C28H34ClFN2O3. The molecule has 3 fully saturated rings. The Morgan fingerprint density at radius 1 is 1.20 bits per heavy atom. The number of nitrogens with zero attached hydrogens (tertiary/aromatic N) is 1. The Labute approximate surface area is 211 Å². The smallest absolute Gasteiger partial charge is 0.407 e. The lowest BCUT2D eigenvalue weighted by molar-refractivity contribution is -0.0349. The van der Waals surface area contributed by atoms with Crippen LogP contribution in [0.2, 0.25) is 5.02 Å². The zero-order chi connectivity index (χ0) is 24.9. The lowest BCUT2D eigenvalue weighted by Crippen LogP contribution is -2.53. The number of amides is 1. The molecule has 2 aromatic carbocycles. The molecule has 3 heterocycles. The normalized spacial score (nSPS) is 26.5. The van der Waals surface area contributed by atoms with E-state index in [4.69, 9.17) is 21.1 Å². The molecule has 1 N–H and O–H groups in total. The molecule has 4 aliphatic rings. The van der Waals surface area contributed by atoms with Crippen molar-refractivity contribution in [1.82, 2.24) is 10.2 Å². The van der Waals surface area contributed by atoms with Crippen LogP contribution in [0.3, 0.4) is 0 Å². The lowest BCUT2D eigenvalue weighted by Gasteiger charge is -2.44. The van der Waals surface area contributed by atoms with Crippen LogP contribution in [-0.4, -0.2) is 42.8 Å². The topological polar surface area (TPSA) is 50.8 Å². The summed E-state index contributed by atoms with van der Waals surface area (Å²) in [7, 11) is 0. The van der Waals surface area contributed by atoms with Gasteiger partial charge in [0.15, 0.2) is 0 Å². The Morgan fingerprint density at radius 3 is 2.57 bits per heavy atom. The van der Waals surface area contributed by atoms with Crippen molar-refractivity contribution in [3.63, 3.8) is 0 Å². The third kappa shape index (κ3) is 4.88. The summed E-state index contributed by atoms with van der Waals surface area (Å²) in [6.45, 7) is 11.1. The highest BCUT2D eigenvalue weighted by Crippen LogP contribution is 2.47. The van der Waals surface area contributed by atoms with Crippen LogP contribution in [0.4, 0.5) is 9.18 Å². The van der Waals surface area contributed by atoms with Crippen LogP contribution >= 0.6 is 11.6 Å². The highest BCUT2D eigenvalue weighted by molar-refractivity contribution is 6.32. The summed E-state index contributed by atoms with van der Waals surface area (Å²) in [5.41, 5.74) is 2.76. The van der Waals surface area contributed by atoms with Crippen LogP contribution in [0, 0.1) is 17.2 Å². The molecule has 1 aliphatic carbocycles. The van der Waals surface area contributed by atoms with Crippen molar-refractivity contribution in [1.29, 1.82) is 0 Å². The third-order valence-electron chi connectivity index (χ3n) is 7.69.